The van der Waals surface area contributed by atoms with Crippen LogP contribution >= 0.6 is 22.9 Å². The highest BCUT2D eigenvalue weighted by atomic mass is 35.5. The number of hydrogen-bond acceptors (Lipinski definition) is 5. The highest BCUT2D eigenvalue weighted by Gasteiger charge is 2.34. The lowest BCUT2D eigenvalue weighted by Crippen LogP contribution is -2.24. The first-order chi connectivity index (χ1) is 14.0. The van der Waals surface area contributed by atoms with Crippen molar-refractivity contribution in [2.24, 2.45) is 0 Å². The number of aryl methyl sites for hydroxylation is 1. The SMILES string of the molecule is CCc1ccc(N2C[C@@H](c3nnc(NC(=O)c4cccc(Cl)c4)s3)CC2=O)cc1. The van der Waals surface area contributed by atoms with E-state index in [4.69, 9.17) is 11.6 Å². The van der Waals surface area contributed by atoms with Gasteiger partial charge >= 0.3 is 0 Å². The second-order valence-corrected chi connectivity index (χ2v) is 8.28. The van der Waals surface area contributed by atoms with Gasteiger partial charge in [0.2, 0.25) is 11.0 Å². The van der Waals surface area contributed by atoms with Gasteiger partial charge in [-0.3, -0.25) is 14.9 Å². The predicted molar refractivity (Wildman–Crippen MR) is 115 cm³/mol. The number of hydrogen-bond donors (Lipinski definition) is 1. The predicted octanol–water partition coefficient (Wildman–Crippen LogP) is 4.53. The largest absolute Gasteiger partial charge is 0.312 e. The Morgan fingerprint density at radius 2 is 2.03 bits per heavy atom. The molecule has 2 aromatic carbocycles. The number of benzene rings is 2. The maximum absolute atomic E-state index is 12.5. The van der Waals surface area contributed by atoms with Crippen LogP contribution in [0.25, 0.3) is 0 Å². The van der Waals surface area contributed by atoms with Gasteiger partial charge in [-0.15, -0.1) is 10.2 Å². The van der Waals surface area contributed by atoms with Gasteiger partial charge in [0.1, 0.15) is 5.01 Å². The number of carbonyl (C=O) groups excluding carboxylic acids is 2. The Kier molecular flexibility index (Phi) is 5.60. The lowest BCUT2D eigenvalue weighted by molar-refractivity contribution is -0.117. The Balaban J connectivity index is 1.44. The van der Waals surface area contributed by atoms with Crippen molar-refractivity contribution in [1.82, 2.24) is 10.2 Å². The van der Waals surface area contributed by atoms with Gasteiger partial charge < -0.3 is 4.90 Å². The van der Waals surface area contributed by atoms with E-state index in [0.717, 1.165) is 17.1 Å². The molecular formula is C21H19ClN4O2S. The van der Waals surface area contributed by atoms with Gasteiger partial charge in [-0.25, -0.2) is 0 Å². The van der Waals surface area contributed by atoms with Crippen molar-refractivity contribution in [3.63, 3.8) is 0 Å². The van der Waals surface area contributed by atoms with Crippen molar-refractivity contribution >= 4 is 45.6 Å². The van der Waals surface area contributed by atoms with E-state index in [1.165, 1.54) is 16.9 Å². The molecule has 1 atom stereocenters. The van der Waals surface area contributed by atoms with E-state index in [1.54, 1.807) is 29.2 Å². The van der Waals surface area contributed by atoms with Gasteiger partial charge in [0.25, 0.3) is 5.91 Å². The van der Waals surface area contributed by atoms with Gasteiger partial charge in [0.15, 0.2) is 0 Å². The molecule has 1 saturated heterocycles. The summed E-state index contributed by atoms with van der Waals surface area (Å²) in [6.07, 6.45) is 1.34. The molecule has 1 aromatic heterocycles. The van der Waals surface area contributed by atoms with Crippen molar-refractivity contribution < 1.29 is 9.59 Å². The van der Waals surface area contributed by atoms with Crippen LogP contribution < -0.4 is 10.2 Å². The molecule has 2 heterocycles. The fourth-order valence-corrected chi connectivity index (χ4v) is 4.30. The van der Waals surface area contributed by atoms with Gasteiger partial charge in [-0.1, -0.05) is 48.1 Å². The van der Waals surface area contributed by atoms with Gasteiger partial charge in [0.05, 0.1) is 0 Å². The molecule has 6 nitrogen and oxygen atoms in total. The summed E-state index contributed by atoms with van der Waals surface area (Å²) >= 11 is 7.23. The van der Waals surface area contributed by atoms with Crippen molar-refractivity contribution in [3.05, 3.63) is 69.7 Å². The minimum Gasteiger partial charge on any atom is -0.312 e. The Hall–Kier alpha value is -2.77. The quantitative estimate of drug-likeness (QED) is 0.650. The summed E-state index contributed by atoms with van der Waals surface area (Å²) < 4.78 is 0. The molecule has 0 radical (unpaired) electrons. The topological polar surface area (TPSA) is 75.2 Å². The fourth-order valence-electron chi connectivity index (χ4n) is 3.28. The highest BCUT2D eigenvalue weighted by Crippen LogP contribution is 2.34. The van der Waals surface area contributed by atoms with E-state index in [9.17, 15) is 9.59 Å². The molecular weight excluding hydrogens is 408 g/mol. The molecule has 1 N–H and O–H groups in total. The van der Waals surface area contributed by atoms with Crippen LogP contribution in [-0.2, 0) is 11.2 Å². The van der Waals surface area contributed by atoms with Crippen LogP contribution in [0, 0.1) is 0 Å². The molecule has 148 valence electrons. The summed E-state index contributed by atoms with van der Waals surface area (Å²) in [5.74, 6) is -0.267. The maximum Gasteiger partial charge on any atom is 0.257 e. The number of amides is 2. The van der Waals surface area contributed by atoms with Crippen LogP contribution in [0.4, 0.5) is 10.8 Å². The van der Waals surface area contributed by atoms with Crippen molar-refractivity contribution in [2.45, 2.75) is 25.7 Å². The molecule has 0 saturated carbocycles. The van der Waals surface area contributed by atoms with Crippen LogP contribution in [0.5, 0.6) is 0 Å². The minimum absolute atomic E-state index is 0.0392. The zero-order chi connectivity index (χ0) is 20.4. The third kappa shape index (κ3) is 4.31. The van der Waals surface area contributed by atoms with Crippen LogP contribution in [0.2, 0.25) is 5.02 Å². The molecule has 8 heteroatoms. The van der Waals surface area contributed by atoms with Crippen LogP contribution in [0.3, 0.4) is 0 Å². The lowest BCUT2D eigenvalue weighted by Gasteiger charge is -2.16. The number of rotatable bonds is 5. The summed E-state index contributed by atoms with van der Waals surface area (Å²) in [7, 11) is 0. The Bertz CT molecular complexity index is 1050. The van der Waals surface area contributed by atoms with E-state index in [1.807, 2.05) is 24.3 Å². The number of nitrogens with one attached hydrogen (secondary N) is 1. The average Bonchev–Trinajstić information content (AvgIpc) is 3.34. The summed E-state index contributed by atoms with van der Waals surface area (Å²) in [4.78, 5) is 26.6. The Labute approximate surface area is 177 Å². The summed E-state index contributed by atoms with van der Waals surface area (Å²) in [5, 5.41) is 12.7. The molecule has 0 bridgehead atoms. The van der Waals surface area contributed by atoms with Crippen molar-refractivity contribution in [1.29, 1.82) is 0 Å². The Morgan fingerprint density at radius 3 is 2.76 bits per heavy atom. The molecule has 1 aliphatic rings. The number of nitrogens with zero attached hydrogens (tertiary/aromatic N) is 3. The van der Waals surface area contributed by atoms with E-state index in [0.29, 0.717) is 28.7 Å². The second-order valence-electron chi connectivity index (χ2n) is 6.84. The van der Waals surface area contributed by atoms with E-state index in [2.05, 4.69) is 22.4 Å². The first-order valence-electron chi connectivity index (χ1n) is 9.33. The fraction of sp³-hybridized carbons (Fsp3) is 0.238. The second kappa shape index (κ2) is 8.31. The first kappa shape index (κ1) is 19.5. The molecule has 0 unspecified atom stereocenters. The molecule has 0 aliphatic carbocycles. The third-order valence-corrected chi connectivity index (χ3v) is 6.11. The van der Waals surface area contributed by atoms with Gasteiger partial charge in [0, 0.05) is 35.2 Å². The lowest BCUT2D eigenvalue weighted by atomic mass is 10.1. The smallest absolute Gasteiger partial charge is 0.257 e. The summed E-state index contributed by atoms with van der Waals surface area (Å²) in [5.41, 5.74) is 2.59. The van der Waals surface area contributed by atoms with E-state index < -0.39 is 0 Å². The third-order valence-electron chi connectivity index (χ3n) is 4.88. The molecule has 0 spiro atoms. The van der Waals surface area contributed by atoms with E-state index in [-0.39, 0.29) is 17.7 Å². The normalized spacial score (nSPS) is 16.3. The standard InChI is InChI=1S/C21H19ClN4O2S/c1-2-13-6-8-17(9-7-13)26-12-15(11-18(26)27)20-24-25-21(29-20)23-19(28)14-4-3-5-16(22)10-14/h3-10,15H,2,11-12H2,1H3,(H,23,25,28)/t15-/m0/s1. The number of aromatic nitrogens is 2. The Morgan fingerprint density at radius 1 is 1.24 bits per heavy atom. The molecule has 1 aliphatic heterocycles. The van der Waals surface area contributed by atoms with E-state index >= 15 is 0 Å². The van der Waals surface area contributed by atoms with Crippen LogP contribution in [0.15, 0.2) is 48.5 Å². The number of anilines is 2. The number of halogens is 1. The highest BCUT2D eigenvalue weighted by molar-refractivity contribution is 7.15. The van der Waals surface area contributed by atoms with Crippen molar-refractivity contribution in [2.75, 3.05) is 16.8 Å². The summed E-state index contributed by atoms with van der Waals surface area (Å²) in [6.45, 7) is 2.66. The molecule has 4 rings (SSSR count). The van der Waals surface area contributed by atoms with Crippen molar-refractivity contribution in [3.8, 4) is 0 Å². The molecule has 1 fully saturated rings. The van der Waals surface area contributed by atoms with Gasteiger partial charge in [-0.2, -0.15) is 0 Å². The molecule has 3 aromatic rings. The summed E-state index contributed by atoms with van der Waals surface area (Å²) in [6, 6.07) is 14.8. The zero-order valence-electron chi connectivity index (χ0n) is 15.8. The van der Waals surface area contributed by atoms with Crippen LogP contribution in [0.1, 0.15) is 40.2 Å². The number of carbonyl (C=O) groups is 2. The average molecular weight is 427 g/mol. The maximum atomic E-state index is 12.5. The molecule has 2 amide bonds. The first-order valence-corrected chi connectivity index (χ1v) is 10.5. The van der Waals surface area contributed by atoms with Crippen LogP contribution in [-0.4, -0.2) is 28.6 Å². The molecule has 29 heavy (non-hydrogen) atoms. The zero-order valence-corrected chi connectivity index (χ0v) is 17.3. The minimum atomic E-state index is -0.296. The monoisotopic (exact) mass is 426 g/mol. The van der Waals surface area contributed by atoms with Gasteiger partial charge in [-0.05, 0) is 42.3 Å².